The Kier molecular flexibility index (Phi) is 5.89. The van der Waals surface area contributed by atoms with E-state index in [9.17, 15) is 22.0 Å². The van der Waals surface area contributed by atoms with Gasteiger partial charge >= 0.3 is 5.97 Å². The molecule has 0 heterocycles. The highest BCUT2D eigenvalue weighted by molar-refractivity contribution is 7.93. The number of aliphatic hydroxyl groups excluding tert-OH is 1. The van der Waals surface area contributed by atoms with Crippen LogP contribution < -0.4 is 4.72 Å². The van der Waals surface area contributed by atoms with Crippen molar-refractivity contribution in [2.24, 2.45) is 0 Å². The van der Waals surface area contributed by atoms with Crippen LogP contribution in [0.2, 0.25) is 0 Å². The van der Waals surface area contributed by atoms with Crippen molar-refractivity contribution >= 4 is 21.7 Å². The fourth-order valence-electron chi connectivity index (χ4n) is 2.40. The molecule has 0 amide bonds. The zero-order valence-corrected chi connectivity index (χ0v) is 13.5. The van der Waals surface area contributed by atoms with Crippen LogP contribution in [-0.2, 0) is 19.6 Å². The van der Waals surface area contributed by atoms with Crippen molar-refractivity contribution in [1.82, 2.24) is 0 Å². The highest BCUT2D eigenvalue weighted by Gasteiger charge is 2.35. The third kappa shape index (κ3) is 4.30. The first kappa shape index (κ1) is 18.3. The molecular weight excluding hydrogens is 344 g/mol. The van der Waals surface area contributed by atoms with Crippen molar-refractivity contribution in [3.05, 3.63) is 41.5 Å². The SMILES string of the molecule is O=C(OCCO)C1=CCCCC1S(=O)(=O)Nc1ccc(F)cc1F. The number of allylic oxidation sites excluding steroid dienone is 1. The Labute approximate surface area is 138 Å². The van der Waals surface area contributed by atoms with E-state index in [0.29, 0.717) is 18.9 Å². The van der Waals surface area contributed by atoms with Crippen LogP contribution in [0.25, 0.3) is 0 Å². The average Bonchev–Trinajstić information content (AvgIpc) is 2.55. The molecule has 0 saturated carbocycles. The van der Waals surface area contributed by atoms with E-state index in [2.05, 4.69) is 4.72 Å². The summed E-state index contributed by atoms with van der Waals surface area (Å²) in [5, 5.41) is 7.48. The summed E-state index contributed by atoms with van der Waals surface area (Å²) >= 11 is 0. The molecule has 6 nitrogen and oxygen atoms in total. The van der Waals surface area contributed by atoms with Gasteiger partial charge in [0.25, 0.3) is 0 Å². The largest absolute Gasteiger partial charge is 0.460 e. The zero-order chi connectivity index (χ0) is 17.7. The minimum atomic E-state index is -4.14. The Hall–Kier alpha value is -2.00. The van der Waals surface area contributed by atoms with Crippen molar-refractivity contribution in [1.29, 1.82) is 0 Å². The Morgan fingerprint density at radius 1 is 1.38 bits per heavy atom. The molecule has 9 heteroatoms. The number of hydrogen-bond donors (Lipinski definition) is 2. The van der Waals surface area contributed by atoms with Gasteiger partial charge in [-0.2, -0.15) is 0 Å². The van der Waals surface area contributed by atoms with E-state index in [1.807, 2.05) is 0 Å². The van der Waals surface area contributed by atoms with Crippen LogP contribution in [0, 0.1) is 11.6 Å². The topological polar surface area (TPSA) is 92.7 Å². The second-order valence-electron chi connectivity index (χ2n) is 5.21. The lowest BCUT2D eigenvalue weighted by atomic mass is 9.99. The number of nitrogens with one attached hydrogen (secondary N) is 1. The van der Waals surface area contributed by atoms with Crippen LogP contribution in [0.1, 0.15) is 19.3 Å². The van der Waals surface area contributed by atoms with E-state index in [1.165, 1.54) is 6.08 Å². The fourth-order valence-corrected chi connectivity index (χ4v) is 4.02. The first-order valence-electron chi connectivity index (χ1n) is 7.30. The van der Waals surface area contributed by atoms with Gasteiger partial charge in [-0.05, 0) is 31.4 Å². The van der Waals surface area contributed by atoms with Gasteiger partial charge in [0.1, 0.15) is 23.5 Å². The molecule has 0 spiro atoms. The number of ether oxygens (including phenoxy) is 1. The second kappa shape index (κ2) is 7.71. The van der Waals surface area contributed by atoms with E-state index in [0.717, 1.165) is 12.1 Å². The summed E-state index contributed by atoms with van der Waals surface area (Å²) < 4.78 is 58.4. The molecule has 0 saturated heterocycles. The molecule has 1 atom stereocenters. The molecule has 0 fully saturated rings. The number of carbonyl (C=O) groups is 1. The lowest BCUT2D eigenvalue weighted by Gasteiger charge is -2.23. The lowest BCUT2D eigenvalue weighted by Crippen LogP contribution is -2.35. The fraction of sp³-hybridized carbons (Fsp3) is 0.400. The Bertz CT molecular complexity index is 748. The quantitative estimate of drug-likeness (QED) is 0.753. The molecule has 132 valence electrons. The van der Waals surface area contributed by atoms with Crippen molar-refractivity contribution in [2.75, 3.05) is 17.9 Å². The van der Waals surface area contributed by atoms with Gasteiger partial charge in [-0.1, -0.05) is 6.08 Å². The van der Waals surface area contributed by atoms with Crippen LogP contribution in [-0.4, -0.2) is 38.0 Å². The molecule has 2 N–H and O–H groups in total. The highest BCUT2D eigenvalue weighted by Crippen LogP contribution is 2.28. The van der Waals surface area contributed by atoms with Gasteiger partial charge in [0, 0.05) is 6.07 Å². The van der Waals surface area contributed by atoms with E-state index in [1.54, 1.807) is 0 Å². The van der Waals surface area contributed by atoms with Crippen LogP contribution in [0.4, 0.5) is 14.5 Å². The van der Waals surface area contributed by atoms with Gasteiger partial charge in [-0.25, -0.2) is 22.0 Å². The minimum absolute atomic E-state index is 0.0512. The first-order chi connectivity index (χ1) is 11.3. The lowest BCUT2D eigenvalue weighted by molar-refractivity contribution is -0.140. The molecule has 0 aromatic heterocycles. The highest BCUT2D eigenvalue weighted by atomic mass is 32.2. The van der Waals surface area contributed by atoms with Gasteiger partial charge in [0.05, 0.1) is 17.9 Å². The first-order valence-corrected chi connectivity index (χ1v) is 8.84. The molecule has 1 aliphatic carbocycles. The van der Waals surface area contributed by atoms with E-state index in [4.69, 9.17) is 9.84 Å². The van der Waals surface area contributed by atoms with Crippen LogP contribution in [0.15, 0.2) is 29.8 Å². The number of carbonyl (C=O) groups excluding carboxylic acids is 1. The van der Waals surface area contributed by atoms with Crippen molar-refractivity contribution in [3.8, 4) is 0 Å². The van der Waals surface area contributed by atoms with E-state index >= 15 is 0 Å². The second-order valence-corrected chi connectivity index (χ2v) is 7.07. The number of halogens is 2. The smallest absolute Gasteiger partial charge is 0.335 e. The Morgan fingerprint density at radius 3 is 2.79 bits per heavy atom. The van der Waals surface area contributed by atoms with Crippen LogP contribution in [0.3, 0.4) is 0 Å². The third-order valence-corrected chi connectivity index (χ3v) is 5.24. The maximum Gasteiger partial charge on any atom is 0.335 e. The molecule has 1 aromatic carbocycles. The number of esters is 1. The zero-order valence-electron chi connectivity index (χ0n) is 12.7. The number of rotatable bonds is 6. The molecule has 1 aromatic rings. The standard InChI is InChI=1S/C15H17F2NO5S/c16-10-5-6-13(12(17)9-10)18-24(21,22)14-4-2-1-3-11(14)15(20)23-8-7-19/h3,5-6,9,14,18-19H,1-2,4,7-8H2. The molecule has 0 aliphatic heterocycles. The maximum absolute atomic E-state index is 13.7. The van der Waals surface area contributed by atoms with Gasteiger partial charge in [-0.15, -0.1) is 0 Å². The van der Waals surface area contributed by atoms with Crippen molar-refractivity contribution < 1.29 is 31.8 Å². The number of aliphatic hydroxyl groups is 1. The van der Waals surface area contributed by atoms with Gasteiger partial charge in [0.15, 0.2) is 0 Å². The maximum atomic E-state index is 13.7. The molecule has 0 bridgehead atoms. The monoisotopic (exact) mass is 361 g/mol. The number of anilines is 1. The summed E-state index contributed by atoms with van der Waals surface area (Å²) in [4.78, 5) is 12.0. The summed E-state index contributed by atoms with van der Waals surface area (Å²) in [6, 6.07) is 2.46. The van der Waals surface area contributed by atoms with Crippen molar-refractivity contribution in [3.63, 3.8) is 0 Å². The summed E-state index contributed by atoms with van der Waals surface area (Å²) in [7, 11) is -4.14. The predicted octanol–water partition coefficient (Wildman–Crippen LogP) is 1.72. The summed E-state index contributed by atoms with van der Waals surface area (Å²) in [5.41, 5.74) is -0.449. The van der Waals surface area contributed by atoms with Gasteiger partial charge in [0.2, 0.25) is 10.0 Å². The van der Waals surface area contributed by atoms with Gasteiger partial charge < -0.3 is 9.84 Å². The summed E-state index contributed by atoms with van der Waals surface area (Å²) in [6.45, 7) is -0.627. The number of benzene rings is 1. The molecular formula is C15H17F2NO5S. The average molecular weight is 361 g/mol. The summed E-state index contributed by atoms with van der Waals surface area (Å²) in [5.74, 6) is -2.72. The van der Waals surface area contributed by atoms with Crippen LogP contribution in [0.5, 0.6) is 0 Å². The van der Waals surface area contributed by atoms with E-state index < -0.39 is 38.6 Å². The normalized spacial score (nSPS) is 18.0. The molecule has 24 heavy (non-hydrogen) atoms. The Balaban J connectivity index is 2.24. The minimum Gasteiger partial charge on any atom is -0.460 e. The number of hydrogen-bond acceptors (Lipinski definition) is 5. The molecule has 1 aliphatic rings. The number of sulfonamides is 1. The van der Waals surface area contributed by atoms with E-state index in [-0.39, 0.29) is 25.2 Å². The van der Waals surface area contributed by atoms with Crippen LogP contribution >= 0.6 is 0 Å². The Morgan fingerprint density at radius 2 is 2.12 bits per heavy atom. The third-order valence-electron chi connectivity index (χ3n) is 3.50. The predicted molar refractivity (Wildman–Crippen MR) is 82.7 cm³/mol. The van der Waals surface area contributed by atoms with Crippen molar-refractivity contribution in [2.45, 2.75) is 24.5 Å². The molecule has 2 rings (SSSR count). The summed E-state index contributed by atoms with van der Waals surface area (Å²) in [6.07, 6.45) is 2.68. The molecule has 0 radical (unpaired) electrons. The van der Waals surface area contributed by atoms with Gasteiger partial charge in [-0.3, -0.25) is 4.72 Å². The molecule has 1 unspecified atom stereocenters.